The predicted octanol–water partition coefficient (Wildman–Crippen LogP) is 11.3. The molecule has 6 heteroatoms. The number of rotatable bonds is 2. The summed E-state index contributed by atoms with van der Waals surface area (Å²) < 4.78 is 7.23. The minimum atomic E-state index is 0. The normalized spacial score (nSPS) is 11.9. The van der Waals surface area contributed by atoms with E-state index >= 15 is 0 Å². The third kappa shape index (κ3) is 3.35. The van der Waals surface area contributed by atoms with Gasteiger partial charge in [0.2, 0.25) is 5.95 Å². The zero-order chi connectivity index (χ0) is 28.1. The molecule has 0 radical (unpaired) electrons. The van der Waals surface area contributed by atoms with Gasteiger partial charge in [-0.1, -0.05) is 109 Å². The second-order valence-electron chi connectivity index (χ2n) is 10.9. The lowest BCUT2D eigenvalue weighted by Crippen LogP contribution is -2.02. The van der Waals surface area contributed by atoms with E-state index in [0.29, 0.717) is 5.95 Å². The second-order valence-corrected chi connectivity index (χ2v) is 13.0. The molecule has 0 atom stereocenters. The van der Waals surface area contributed by atoms with Gasteiger partial charge >= 0.3 is 0 Å². The Morgan fingerprint density at radius 2 is 1.05 bits per heavy atom. The van der Waals surface area contributed by atoms with E-state index in [0.717, 1.165) is 27.0 Å². The van der Waals surface area contributed by atoms with Gasteiger partial charge in [-0.05, 0) is 29.0 Å². The molecule has 10 aromatic rings. The first kappa shape index (κ1) is 25.3. The van der Waals surface area contributed by atoms with Gasteiger partial charge in [-0.15, -0.1) is 22.7 Å². The van der Waals surface area contributed by atoms with E-state index < -0.39 is 0 Å². The molecule has 0 unspecified atom stereocenters. The number of halogens is 1. The summed E-state index contributed by atoms with van der Waals surface area (Å²) in [4.78, 5) is 10.8. The zero-order valence-corrected chi connectivity index (χ0v) is 24.8. The summed E-state index contributed by atoms with van der Waals surface area (Å²) in [5.74, 6) is 0.704. The van der Waals surface area contributed by atoms with Crippen molar-refractivity contribution < 1.29 is 4.70 Å². The summed E-state index contributed by atoms with van der Waals surface area (Å²) in [5, 5.41) is 8.78. The first-order chi connectivity index (χ1) is 21.3. The van der Waals surface area contributed by atoms with Crippen LogP contribution in [0.25, 0.3) is 90.3 Å². The Kier molecular flexibility index (Phi) is 5.42. The number of hydrogen-bond donors (Lipinski definition) is 0. The van der Waals surface area contributed by atoms with Gasteiger partial charge in [0, 0.05) is 41.9 Å². The molecule has 0 aliphatic heterocycles. The van der Waals surface area contributed by atoms with Gasteiger partial charge in [0.1, 0.15) is 0 Å². The number of nitrogens with zero attached hydrogens (tertiary/aromatic N) is 3. The zero-order valence-electron chi connectivity index (χ0n) is 23.2. The van der Waals surface area contributed by atoms with Crippen molar-refractivity contribution in [3.8, 4) is 17.2 Å². The number of benzene rings is 6. The minimum absolute atomic E-state index is 0. The Balaban J connectivity index is 0.00000270. The van der Waals surface area contributed by atoms with E-state index in [-0.39, 0.29) is 4.70 Å². The van der Waals surface area contributed by atoms with Crippen molar-refractivity contribution in [1.29, 1.82) is 0 Å². The van der Waals surface area contributed by atoms with E-state index in [1.807, 2.05) is 11.3 Å². The Labute approximate surface area is 258 Å². The fourth-order valence-electron chi connectivity index (χ4n) is 6.80. The highest BCUT2D eigenvalue weighted by Gasteiger charge is 2.24. The Morgan fingerprint density at radius 1 is 0.477 bits per heavy atom. The average molecular weight is 604 g/mol. The van der Waals surface area contributed by atoms with Gasteiger partial charge in [-0.3, -0.25) is 9.27 Å². The van der Waals surface area contributed by atoms with Crippen LogP contribution in [0.15, 0.2) is 127 Å². The third-order valence-electron chi connectivity index (χ3n) is 8.61. The molecule has 0 spiro atoms. The van der Waals surface area contributed by atoms with Crippen LogP contribution in [-0.2, 0) is 0 Å². The van der Waals surface area contributed by atoms with Crippen LogP contribution in [0.4, 0.5) is 4.70 Å². The van der Waals surface area contributed by atoms with E-state index in [1.165, 1.54) is 57.3 Å². The largest absolute Gasteiger partial charge is 0.276 e. The molecule has 0 bridgehead atoms. The van der Waals surface area contributed by atoms with Gasteiger partial charge in [0.25, 0.3) is 0 Å². The quantitative estimate of drug-likeness (QED) is 0.197. The van der Waals surface area contributed by atoms with Crippen molar-refractivity contribution >= 4 is 95.7 Å². The summed E-state index contributed by atoms with van der Waals surface area (Å²) in [6.07, 6.45) is 0. The molecule has 3 nitrogen and oxygen atoms in total. The fraction of sp³-hybridized carbons (Fsp3) is 0. The van der Waals surface area contributed by atoms with Gasteiger partial charge in [-0.2, -0.15) is 0 Å². The van der Waals surface area contributed by atoms with Crippen LogP contribution in [0.1, 0.15) is 0 Å². The fourth-order valence-corrected chi connectivity index (χ4v) is 9.22. The van der Waals surface area contributed by atoms with Crippen LogP contribution >= 0.6 is 22.7 Å². The maximum absolute atomic E-state index is 5.42. The standard InChI is InChI=1S/C38H21N3S2.FH/c1-2-12-22(13-3-1)33-37-34(27-18-8-11-21-30(27)43-37)40-38(39-33)41-28-19-9-6-16-25(28)31-23-14-4-5-15-24(23)32-26-17-7-10-20-29(26)42-36(32)35(31)41;/h1-21H;1H. The molecule has 0 aliphatic carbocycles. The Morgan fingerprint density at radius 3 is 1.82 bits per heavy atom. The summed E-state index contributed by atoms with van der Waals surface area (Å²) in [6, 6.07) is 45.5. The van der Waals surface area contributed by atoms with Crippen molar-refractivity contribution in [2.24, 2.45) is 0 Å². The maximum atomic E-state index is 5.42. The Bertz CT molecular complexity index is 2740. The van der Waals surface area contributed by atoms with E-state index in [2.05, 4.69) is 132 Å². The number of fused-ring (bicyclic) bond motifs is 13. The lowest BCUT2D eigenvalue weighted by molar-refractivity contribution is 1.02. The molecule has 0 amide bonds. The number of hydrogen-bond acceptors (Lipinski definition) is 4. The third-order valence-corrected chi connectivity index (χ3v) is 11.0. The molecule has 0 N–H and O–H groups in total. The van der Waals surface area contributed by atoms with E-state index in [4.69, 9.17) is 9.97 Å². The van der Waals surface area contributed by atoms with E-state index in [9.17, 15) is 0 Å². The second kappa shape index (κ2) is 9.41. The highest BCUT2D eigenvalue weighted by molar-refractivity contribution is 7.27. The Hall–Kier alpha value is -5.17. The van der Waals surface area contributed by atoms with Gasteiger partial charge in [-0.25, -0.2) is 9.97 Å². The highest BCUT2D eigenvalue weighted by Crippen LogP contribution is 2.48. The van der Waals surface area contributed by atoms with Crippen molar-refractivity contribution in [2.75, 3.05) is 0 Å². The lowest BCUT2D eigenvalue weighted by Gasteiger charge is -2.11. The highest BCUT2D eigenvalue weighted by atomic mass is 32.1. The molecule has 0 aliphatic rings. The van der Waals surface area contributed by atoms with Crippen LogP contribution in [0.3, 0.4) is 0 Å². The number of para-hydroxylation sites is 1. The average Bonchev–Trinajstić information content (AvgIpc) is 3.75. The lowest BCUT2D eigenvalue weighted by atomic mass is 9.99. The first-order valence-corrected chi connectivity index (χ1v) is 16.0. The maximum Gasteiger partial charge on any atom is 0.235 e. The number of thiophene rings is 2. The molecule has 208 valence electrons. The van der Waals surface area contributed by atoms with Gasteiger partial charge in [0.15, 0.2) is 0 Å². The van der Waals surface area contributed by atoms with Crippen molar-refractivity contribution in [3.63, 3.8) is 0 Å². The molecule has 44 heavy (non-hydrogen) atoms. The minimum Gasteiger partial charge on any atom is -0.276 e. The number of aromatic nitrogens is 3. The predicted molar refractivity (Wildman–Crippen MR) is 188 cm³/mol. The van der Waals surface area contributed by atoms with Crippen LogP contribution in [0, 0.1) is 0 Å². The van der Waals surface area contributed by atoms with Crippen molar-refractivity contribution in [3.05, 3.63) is 127 Å². The molecule has 6 aromatic carbocycles. The summed E-state index contributed by atoms with van der Waals surface area (Å²) in [5.41, 5.74) is 5.37. The van der Waals surface area contributed by atoms with Crippen LogP contribution < -0.4 is 0 Å². The van der Waals surface area contributed by atoms with E-state index in [1.54, 1.807) is 11.3 Å². The molecule has 0 saturated heterocycles. The topological polar surface area (TPSA) is 30.7 Å². The van der Waals surface area contributed by atoms with Crippen molar-refractivity contribution in [1.82, 2.24) is 14.5 Å². The van der Waals surface area contributed by atoms with Crippen LogP contribution in [0.5, 0.6) is 0 Å². The monoisotopic (exact) mass is 603 g/mol. The molecule has 4 heterocycles. The summed E-state index contributed by atoms with van der Waals surface area (Å²) >= 11 is 3.64. The van der Waals surface area contributed by atoms with Gasteiger partial charge < -0.3 is 0 Å². The summed E-state index contributed by atoms with van der Waals surface area (Å²) in [7, 11) is 0. The van der Waals surface area contributed by atoms with Crippen LogP contribution in [-0.4, -0.2) is 14.5 Å². The first-order valence-electron chi connectivity index (χ1n) is 14.4. The molecular weight excluding hydrogens is 582 g/mol. The smallest absolute Gasteiger partial charge is 0.235 e. The molecule has 4 aromatic heterocycles. The molecular formula is C38H22FN3S2. The van der Waals surface area contributed by atoms with Crippen LogP contribution in [0.2, 0.25) is 0 Å². The van der Waals surface area contributed by atoms with Crippen molar-refractivity contribution in [2.45, 2.75) is 0 Å². The molecule has 10 rings (SSSR count). The molecule has 0 fully saturated rings. The van der Waals surface area contributed by atoms with Gasteiger partial charge in [0.05, 0.1) is 31.6 Å². The molecule has 0 saturated carbocycles. The SMILES string of the molecule is F.c1ccc(-c2nc(-n3c4ccccc4c4c5ccccc5c5c6ccccc6sc5c43)nc3c2sc2ccccc23)cc1. The summed E-state index contributed by atoms with van der Waals surface area (Å²) in [6.45, 7) is 0.